The molecule has 1 aromatic rings. The molecular weight excluding hydrogens is 410 g/mol. The summed E-state index contributed by atoms with van der Waals surface area (Å²) >= 11 is 5.75. The molecule has 11 heteroatoms. The fraction of sp³-hybridized carbons (Fsp3) is 0.588. The number of hydrogen-bond acceptors (Lipinski definition) is 7. The Balaban J connectivity index is 1.88. The van der Waals surface area contributed by atoms with E-state index in [1.807, 2.05) is 19.0 Å². The first-order chi connectivity index (χ1) is 13.1. The Hall–Kier alpha value is -1.27. The molecule has 0 spiro atoms. The zero-order valence-corrected chi connectivity index (χ0v) is 17.3. The molecule has 0 bridgehead atoms. The average Bonchev–Trinajstić information content (AvgIpc) is 2.88. The highest BCUT2D eigenvalue weighted by atomic mass is 35.5. The Bertz CT molecular complexity index is 759. The third kappa shape index (κ3) is 6.38. The highest BCUT2D eigenvalue weighted by Gasteiger charge is 2.43. The second kappa shape index (κ2) is 9.97. The predicted octanol–water partition coefficient (Wildman–Crippen LogP) is -0.825. The van der Waals surface area contributed by atoms with Crippen LogP contribution in [0.25, 0.3) is 0 Å². The number of nitrogens with zero attached hydrogens (tertiary/aromatic N) is 1. The van der Waals surface area contributed by atoms with Crippen LogP contribution in [0.3, 0.4) is 0 Å². The lowest BCUT2D eigenvalue weighted by atomic mass is 10.1. The number of carbonyl (C=O) groups is 1. The molecule has 158 valence electrons. The number of likely N-dealkylation sites (N-methyl/N-ethyl adjacent to an activating group) is 1. The van der Waals surface area contributed by atoms with E-state index in [2.05, 4.69) is 10.0 Å². The van der Waals surface area contributed by atoms with E-state index in [1.165, 1.54) is 24.3 Å². The Labute approximate surface area is 169 Å². The van der Waals surface area contributed by atoms with Crippen LogP contribution in [0, 0.1) is 0 Å². The zero-order valence-electron chi connectivity index (χ0n) is 15.7. The van der Waals surface area contributed by atoms with Crippen LogP contribution in [0.2, 0.25) is 5.02 Å². The monoisotopic (exact) mass is 435 g/mol. The predicted molar refractivity (Wildman–Crippen MR) is 103 cm³/mol. The molecule has 0 aliphatic carbocycles. The molecule has 0 aromatic heterocycles. The standard InChI is InChI=1S/C17H26ClN3O6S/c1-21(2)8-7-19-15(22)9-13-16(23)17(24)14(27-13)10-20-28(25,26)12-5-3-11(18)4-6-12/h3-6,13-14,16-17,20,23-24H,7-10H2,1-2H3,(H,19,22). The molecule has 4 atom stereocenters. The summed E-state index contributed by atoms with van der Waals surface area (Å²) in [5.74, 6) is -0.319. The topological polar surface area (TPSA) is 128 Å². The van der Waals surface area contributed by atoms with Crippen LogP contribution in [-0.4, -0.2) is 87.6 Å². The molecule has 4 N–H and O–H groups in total. The highest BCUT2D eigenvalue weighted by Crippen LogP contribution is 2.24. The number of aliphatic hydroxyl groups excluding tert-OH is 2. The summed E-state index contributed by atoms with van der Waals surface area (Å²) < 4.78 is 32.4. The van der Waals surface area contributed by atoms with Crippen molar-refractivity contribution in [2.45, 2.75) is 35.7 Å². The van der Waals surface area contributed by atoms with Crippen molar-refractivity contribution >= 4 is 27.5 Å². The SMILES string of the molecule is CN(C)CCNC(=O)CC1OC(CNS(=O)(=O)c2ccc(Cl)cc2)C(O)C1O. The number of carbonyl (C=O) groups excluding carboxylic acids is 1. The first-order valence-corrected chi connectivity index (χ1v) is 10.6. The third-order valence-electron chi connectivity index (χ3n) is 4.33. The lowest BCUT2D eigenvalue weighted by Crippen LogP contribution is -2.40. The number of sulfonamides is 1. The fourth-order valence-electron chi connectivity index (χ4n) is 2.73. The van der Waals surface area contributed by atoms with Crippen molar-refractivity contribution in [2.24, 2.45) is 0 Å². The second-order valence-electron chi connectivity index (χ2n) is 6.86. The van der Waals surface area contributed by atoms with Crippen LogP contribution in [0.15, 0.2) is 29.2 Å². The van der Waals surface area contributed by atoms with Gasteiger partial charge in [0, 0.05) is 24.7 Å². The summed E-state index contributed by atoms with van der Waals surface area (Å²) in [5.41, 5.74) is 0. The number of rotatable bonds is 9. The summed E-state index contributed by atoms with van der Waals surface area (Å²) in [6, 6.07) is 5.61. The van der Waals surface area contributed by atoms with Gasteiger partial charge in [-0.15, -0.1) is 0 Å². The van der Waals surface area contributed by atoms with Crippen LogP contribution in [-0.2, 0) is 19.6 Å². The molecule has 1 amide bonds. The number of ether oxygens (including phenoxy) is 1. The zero-order chi connectivity index (χ0) is 20.9. The van der Waals surface area contributed by atoms with Crippen LogP contribution < -0.4 is 10.0 Å². The molecule has 4 unspecified atom stereocenters. The van der Waals surface area contributed by atoms with Crippen LogP contribution in [0.4, 0.5) is 0 Å². The molecule has 1 aliphatic rings. The van der Waals surface area contributed by atoms with Gasteiger partial charge in [0.1, 0.15) is 18.3 Å². The van der Waals surface area contributed by atoms with Crippen molar-refractivity contribution in [1.82, 2.24) is 14.9 Å². The summed E-state index contributed by atoms with van der Waals surface area (Å²) in [5, 5.41) is 23.3. The van der Waals surface area contributed by atoms with E-state index in [1.54, 1.807) is 0 Å². The van der Waals surface area contributed by atoms with Crippen molar-refractivity contribution in [3.05, 3.63) is 29.3 Å². The first kappa shape index (κ1) is 23.0. The Morgan fingerprint density at radius 2 is 1.79 bits per heavy atom. The van der Waals surface area contributed by atoms with Crippen molar-refractivity contribution in [3.8, 4) is 0 Å². The first-order valence-electron chi connectivity index (χ1n) is 8.78. The summed E-state index contributed by atoms with van der Waals surface area (Å²) in [6.07, 6.45) is -4.63. The van der Waals surface area contributed by atoms with E-state index < -0.39 is 34.4 Å². The number of amides is 1. The van der Waals surface area contributed by atoms with Crippen molar-refractivity contribution in [3.63, 3.8) is 0 Å². The van der Waals surface area contributed by atoms with Gasteiger partial charge in [-0.3, -0.25) is 4.79 Å². The molecule has 9 nitrogen and oxygen atoms in total. The van der Waals surface area contributed by atoms with Crippen molar-refractivity contribution < 1.29 is 28.2 Å². The smallest absolute Gasteiger partial charge is 0.240 e. The minimum Gasteiger partial charge on any atom is -0.388 e. The van der Waals surface area contributed by atoms with Gasteiger partial charge >= 0.3 is 0 Å². The maximum absolute atomic E-state index is 12.3. The summed E-state index contributed by atoms with van der Waals surface area (Å²) in [7, 11) is -0.0774. The van der Waals surface area contributed by atoms with Crippen molar-refractivity contribution in [2.75, 3.05) is 33.7 Å². The van der Waals surface area contributed by atoms with Gasteiger partial charge in [0.05, 0.1) is 17.4 Å². The van der Waals surface area contributed by atoms with E-state index in [9.17, 15) is 23.4 Å². The van der Waals surface area contributed by atoms with E-state index >= 15 is 0 Å². The number of benzene rings is 1. The van der Waals surface area contributed by atoms with Gasteiger partial charge < -0.3 is 25.2 Å². The normalized spacial score (nSPS) is 25.2. The minimum absolute atomic E-state index is 0.0155. The Kier molecular flexibility index (Phi) is 8.19. The lowest BCUT2D eigenvalue weighted by molar-refractivity contribution is -0.125. The van der Waals surface area contributed by atoms with Crippen molar-refractivity contribution in [1.29, 1.82) is 0 Å². The fourth-order valence-corrected chi connectivity index (χ4v) is 3.90. The van der Waals surface area contributed by atoms with Crippen LogP contribution >= 0.6 is 11.6 Å². The van der Waals surface area contributed by atoms with Gasteiger partial charge in [-0.2, -0.15) is 0 Å². The number of halogens is 1. The number of nitrogens with one attached hydrogen (secondary N) is 2. The molecule has 1 saturated heterocycles. The lowest BCUT2D eigenvalue weighted by Gasteiger charge is -2.16. The van der Waals surface area contributed by atoms with Gasteiger partial charge in [-0.1, -0.05) is 11.6 Å². The maximum Gasteiger partial charge on any atom is 0.240 e. The largest absolute Gasteiger partial charge is 0.388 e. The van der Waals surface area contributed by atoms with E-state index in [4.69, 9.17) is 16.3 Å². The summed E-state index contributed by atoms with van der Waals surface area (Å²) in [4.78, 5) is 13.9. The number of aliphatic hydroxyl groups is 2. The van der Waals surface area contributed by atoms with Gasteiger partial charge in [0.25, 0.3) is 0 Å². The van der Waals surface area contributed by atoms with Gasteiger partial charge in [0.2, 0.25) is 15.9 Å². The molecule has 1 aliphatic heterocycles. The molecule has 1 fully saturated rings. The Morgan fingerprint density at radius 3 is 2.39 bits per heavy atom. The maximum atomic E-state index is 12.3. The quantitative estimate of drug-likeness (QED) is 0.398. The molecule has 1 aromatic carbocycles. The van der Waals surface area contributed by atoms with E-state index in [-0.39, 0.29) is 23.8 Å². The molecule has 1 heterocycles. The van der Waals surface area contributed by atoms with Crippen LogP contribution in [0.1, 0.15) is 6.42 Å². The highest BCUT2D eigenvalue weighted by molar-refractivity contribution is 7.89. The Morgan fingerprint density at radius 1 is 1.18 bits per heavy atom. The van der Waals surface area contributed by atoms with E-state index in [0.717, 1.165) is 0 Å². The van der Waals surface area contributed by atoms with Gasteiger partial charge in [-0.25, -0.2) is 13.1 Å². The van der Waals surface area contributed by atoms with Crippen LogP contribution in [0.5, 0.6) is 0 Å². The minimum atomic E-state index is -3.83. The summed E-state index contributed by atoms with van der Waals surface area (Å²) in [6.45, 7) is 0.862. The van der Waals surface area contributed by atoms with Gasteiger partial charge in [0.15, 0.2) is 0 Å². The third-order valence-corrected chi connectivity index (χ3v) is 6.02. The van der Waals surface area contributed by atoms with Gasteiger partial charge in [-0.05, 0) is 38.4 Å². The molecule has 2 rings (SSSR count). The molecule has 28 heavy (non-hydrogen) atoms. The molecule has 0 saturated carbocycles. The molecular formula is C17H26ClN3O6S. The average molecular weight is 436 g/mol. The number of hydrogen-bond donors (Lipinski definition) is 4. The molecule has 0 radical (unpaired) electrons. The second-order valence-corrected chi connectivity index (χ2v) is 9.06. The van der Waals surface area contributed by atoms with E-state index in [0.29, 0.717) is 18.1 Å².